The van der Waals surface area contributed by atoms with Crippen LogP contribution in [0.5, 0.6) is 0 Å². The number of nitrogens with one attached hydrogen (secondary N) is 3. The molecule has 0 saturated carbocycles. The molecule has 1 aliphatic heterocycles. The van der Waals surface area contributed by atoms with Crippen molar-refractivity contribution < 1.29 is 8.78 Å². The normalized spacial score (nSPS) is 22.9. The molecular weight excluding hydrogens is 268 g/mol. The Kier molecular flexibility index (Phi) is 5.57. The van der Waals surface area contributed by atoms with Crippen molar-refractivity contribution in [2.45, 2.75) is 6.04 Å². The van der Waals surface area contributed by atoms with Gasteiger partial charge in [-0.05, 0) is 12.3 Å². The van der Waals surface area contributed by atoms with Crippen LogP contribution in [0.25, 0.3) is 0 Å². The molecule has 0 radical (unpaired) electrons. The molecular formula is C13H19F2N3S. The van der Waals surface area contributed by atoms with Crippen molar-refractivity contribution in [3.63, 3.8) is 0 Å². The van der Waals surface area contributed by atoms with Crippen LogP contribution in [0.3, 0.4) is 0 Å². The summed E-state index contributed by atoms with van der Waals surface area (Å²) in [5.74, 6) is 0.280. The van der Waals surface area contributed by atoms with E-state index in [1.54, 1.807) is 11.8 Å². The second-order valence-electron chi connectivity index (χ2n) is 4.63. The molecule has 2 rings (SSSR count). The first-order chi connectivity index (χ1) is 9.22. The van der Waals surface area contributed by atoms with Gasteiger partial charge in [-0.25, -0.2) is 14.2 Å². The summed E-state index contributed by atoms with van der Waals surface area (Å²) in [6.45, 7) is 2.52. The van der Waals surface area contributed by atoms with Crippen LogP contribution in [-0.2, 0) is 0 Å². The number of halogens is 2. The molecule has 0 aliphatic carbocycles. The highest BCUT2D eigenvalue weighted by molar-refractivity contribution is 7.98. The van der Waals surface area contributed by atoms with Crippen LogP contribution in [-0.4, -0.2) is 31.6 Å². The van der Waals surface area contributed by atoms with Crippen molar-refractivity contribution >= 4 is 11.8 Å². The third-order valence-electron chi connectivity index (χ3n) is 3.28. The number of hydrazine groups is 1. The lowest BCUT2D eigenvalue weighted by atomic mass is 9.94. The first-order valence-corrected chi connectivity index (χ1v) is 7.74. The second-order valence-corrected chi connectivity index (χ2v) is 5.61. The zero-order chi connectivity index (χ0) is 13.7. The SMILES string of the molecule is CSCCNCC1CNNC1c1ccc(F)cc1F. The van der Waals surface area contributed by atoms with Crippen LogP contribution in [0.1, 0.15) is 11.6 Å². The Balaban J connectivity index is 1.97. The van der Waals surface area contributed by atoms with Crippen LogP contribution >= 0.6 is 11.8 Å². The molecule has 3 nitrogen and oxygen atoms in total. The van der Waals surface area contributed by atoms with Gasteiger partial charge in [0.2, 0.25) is 0 Å². The molecule has 0 aromatic heterocycles. The van der Waals surface area contributed by atoms with E-state index < -0.39 is 11.6 Å². The van der Waals surface area contributed by atoms with Gasteiger partial charge < -0.3 is 5.32 Å². The van der Waals surface area contributed by atoms with Gasteiger partial charge in [-0.15, -0.1) is 0 Å². The molecule has 2 atom stereocenters. The maximum Gasteiger partial charge on any atom is 0.130 e. The number of benzene rings is 1. The predicted octanol–water partition coefficient (Wildman–Crippen LogP) is 1.68. The van der Waals surface area contributed by atoms with Gasteiger partial charge in [-0.2, -0.15) is 11.8 Å². The van der Waals surface area contributed by atoms with Crippen LogP contribution in [0.4, 0.5) is 8.78 Å². The molecule has 19 heavy (non-hydrogen) atoms. The third kappa shape index (κ3) is 3.89. The number of thioether (sulfide) groups is 1. The van der Waals surface area contributed by atoms with Gasteiger partial charge in [0.05, 0.1) is 6.04 Å². The summed E-state index contributed by atoms with van der Waals surface area (Å²) >= 11 is 1.79. The number of hydrogen-bond donors (Lipinski definition) is 3. The molecule has 0 amide bonds. The minimum atomic E-state index is -0.540. The van der Waals surface area contributed by atoms with E-state index in [1.807, 2.05) is 0 Å². The summed E-state index contributed by atoms with van der Waals surface area (Å²) in [6, 6.07) is 3.64. The minimum absolute atomic E-state index is 0.123. The average molecular weight is 287 g/mol. The van der Waals surface area contributed by atoms with Gasteiger partial charge in [-0.1, -0.05) is 6.07 Å². The van der Waals surface area contributed by atoms with E-state index in [4.69, 9.17) is 0 Å². The van der Waals surface area contributed by atoms with Crippen LogP contribution < -0.4 is 16.2 Å². The van der Waals surface area contributed by atoms with E-state index in [9.17, 15) is 8.78 Å². The Hall–Kier alpha value is -0.690. The van der Waals surface area contributed by atoms with E-state index in [2.05, 4.69) is 22.4 Å². The minimum Gasteiger partial charge on any atom is -0.316 e. The Morgan fingerprint density at radius 2 is 2.26 bits per heavy atom. The molecule has 2 unspecified atom stereocenters. The van der Waals surface area contributed by atoms with E-state index >= 15 is 0 Å². The van der Waals surface area contributed by atoms with Crippen molar-refractivity contribution in [3.05, 3.63) is 35.4 Å². The molecule has 1 aliphatic rings. The predicted molar refractivity (Wildman–Crippen MR) is 75.0 cm³/mol. The van der Waals surface area contributed by atoms with Crippen LogP contribution in [0.2, 0.25) is 0 Å². The first-order valence-electron chi connectivity index (χ1n) is 6.35. The molecule has 106 valence electrons. The summed E-state index contributed by atoms with van der Waals surface area (Å²) < 4.78 is 26.7. The van der Waals surface area contributed by atoms with Crippen molar-refractivity contribution in [2.24, 2.45) is 5.92 Å². The Morgan fingerprint density at radius 3 is 3.00 bits per heavy atom. The van der Waals surface area contributed by atoms with E-state index in [0.29, 0.717) is 5.56 Å². The average Bonchev–Trinajstić information content (AvgIpc) is 2.83. The largest absolute Gasteiger partial charge is 0.316 e. The van der Waals surface area contributed by atoms with Gasteiger partial charge in [0.25, 0.3) is 0 Å². The van der Waals surface area contributed by atoms with Gasteiger partial charge >= 0.3 is 0 Å². The maximum atomic E-state index is 13.8. The topological polar surface area (TPSA) is 36.1 Å². The quantitative estimate of drug-likeness (QED) is 0.696. The molecule has 1 heterocycles. The Labute approximate surface area is 116 Å². The lowest BCUT2D eigenvalue weighted by Gasteiger charge is -2.19. The highest BCUT2D eigenvalue weighted by Gasteiger charge is 2.29. The standard InChI is InChI=1S/C13H19F2N3S/c1-19-5-4-16-7-9-8-17-18-13(9)11-3-2-10(14)6-12(11)15/h2-3,6,9,13,16-18H,4-5,7-8H2,1H3. The molecule has 1 aromatic carbocycles. The second kappa shape index (κ2) is 7.19. The fraction of sp³-hybridized carbons (Fsp3) is 0.538. The highest BCUT2D eigenvalue weighted by Crippen LogP contribution is 2.26. The van der Waals surface area contributed by atoms with Crippen molar-refractivity contribution in [3.8, 4) is 0 Å². The summed E-state index contributed by atoms with van der Waals surface area (Å²) in [5, 5.41) is 3.36. The molecule has 6 heteroatoms. The van der Waals surface area contributed by atoms with Crippen molar-refractivity contribution in [1.29, 1.82) is 0 Å². The van der Waals surface area contributed by atoms with Crippen molar-refractivity contribution in [2.75, 3.05) is 31.6 Å². The fourth-order valence-electron chi connectivity index (χ4n) is 2.27. The summed E-state index contributed by atoms with van der Waals surface area (Å²) in [6.07, 6.45) is 2.07. The molecule has 0 spiro atoms. The van der Waals surface area contributed by atoms with E-state index in [1.165, 1.54) is 12.1 Å². The Bertz CT molecular complexity index is 417. The lowest BCUT2D eigenvalue weighted by Crippen LogP contribution is -2.30. The van der Waals surface area contributed by atoms with Gasteiger partial charge in [0.15, 0.2) is 0 Å². The van der Waals surface area contributed by atoms with Crippen LogP contribution in [0.15, 0.2) is 18.2 Å². The molecule has 1 saturated heterocycles. The maximum absolute atomic E-state index is 13.8. The van der Waals surface area contributed by atoms with Gasteiger partial charge in [0, 0.05) is 42.9 Å². The summed E-state index contributed by atoms with van der Waals surface area (Å²) in [5.41, 5.74) is 6.63. The fourth-order valence-corrected chi connectivity index (χ4v) is 2.62. The van der Waals surface area contributed by atoms with Gasteiger partial charge in [-0.3, -0.25) is 5.43 Å². The zero-order valence-corrected chi connectivity index (χ0v) is 11.7. The zero-order valence-electron chi connectivity index (χ0n) is 10.9. The van der Waals surface area contributed by atoms with E-state index in [-0.39, 0.29) is 12.0 Å². The smallest absolute Gasteiger partial charge is 0.130 e. The van der Waals surface area contributed by atoms with Gasteiger partial charge in [0.1, 0.15) is 11.6 Å². The Morgan fingerprint density at radius 1 is 1.42 bits per heavy atom. The molecule has 1 aromatic rings. The number of hydrogen-bond acceptors (Lipinski definition) is 4. The highest BCUT2D eigenvalue weighted by atomic mass is 32.2. The summed E-state index contributed by atoms with van der Waals surface area (Å²) in [4.78, 5) is 0. The molecule has 0 bridgehead atoms. The van der Waals surface area contributed by atoms with Crippen LogP contribution in [0, 0.1) is 17.6 Å². The lowest BCUT2D eigenvalue weighted by molar-refractivity contribution is 0.429. The first kappa shape index (κ1) is 14.7. The number of rotatable bonds is 6. The van der Waals surface area contributed by atoms with E-state index in [0.717, 1.165) is 31.5 Å². The molecule has 3 N–H and O–H groups in total. The summed E-state index contributed by atoms with van der Waals surface area (Å²) in [7, 11) is 0. The van der Waals surface area contributed by atoms with Crippen molar-refractivity contribution in [1.82, 2.24) is 16.2 Å². The third-order valence-corrected chi connectivity index (χ3v) is 3.89. The monoisotopic (exact) mass is 287 g/mol. The molecule has 1 fully saturated rings.